The molecule has 5 heteroatoms. The largest absolute Gasteiger partial charge is 0.505 e. The number of rotatable bonds is 3. The molecule has 0 amide bonds. The summed E-state index contributed by atoms with van der Waals surface area (Å²) in [6.07, 6.45) is 3.28. The summed E-state index contributed by atoms with van der Waals surface area (Å²) in [6, 6.07) is 13.9. The Hall–Kier alpha value is -1.56. The van der Waals surface area contributed by atoms with Crippen LogP contribution < -0.4 is 0 Å². The normalized spacial score (nSPS) is 23.2. The molecule has 1 unspecified atom stereocenters. The van der Waals surface area contributed by atoms with Gasteiger partial charge in [-0.3, -0.25) is 4.90 Å². The minimum atomic E-state index is -0.686. The second-order valence-corrected chi connectivity index (χ2v) is 7.75. The number of thiol groups is 1. The number of aromatic hydroxyl groups is 1. The molecule has 1 saturated carbocycles. The molecule has 1 aliphatic heterocycles. The number of phenolic OH excluding ortho intramolecular Hbond substituents is 1. The highest BCUT2D eigenvalue weighted by Gasteiger charge is 2.36. The minimum absolute atomic E-state index is 0.369. The second-order valence-electron chi connectivity index (χ2n) is 7.23. The zero-order valence-corrected chi connectivity index (χ0v) is 15.7. The van der Waals surface area contributed by atoms with Crippen molar-refractivity contribution in [2.24, 2.45) is 11.8 Å². The van der Waals surface area contributed by atoms with Crippen molar-refractivity contribution >= 4 is 12.6 Å². The molecule has 4 rings (SSSR count). The summed E-state index contributed by atoms with van der Waals surface area (Å²) in [4.78, 5) is 3.30. The molecule has 3 nitrogen and oxygen atoms in total. The summed E-state index contributed by atoms with van der Waals surface area (Å²) in [5, 5.41) is 19.3. The maximum absolute atomic E-state index is 13.3. The number of halogens is 1. The van der Waals surface area contributed by atoms with Gasteiger partial charge in [0.15, 0.2) is 11.6 Å². The van der Waals surface area contributed by atoms with Crippen LogP contribution in [0, 0.1) is 17.7 Å². The molecule has 1 aliphatic carbocycles. The first kappa shape index (κ1) is 19.2. The SMILES string of the molecule is Oc1ccc(C(O)CN2C[C@H]3CCC[C@H]3C2)cc1F.Sc1ccccc1. The van der Waals surface area contributed by atoms with E-state index < -0.39 is 11.9 Å². The predicted molar refractivity (Wildman–Crippen MR) is 104 cm³/mol. The van der Waals surface area contributed by atoms with Gasteiger partial charge in [0.2, 0.25) is 0 Å². The molecule has 2 N–H and O–H groups in total. The molecule has 0 bridgehead atoms. The van der Waals surface area contributed by atoms with Gasteiger partial charge in [-0.25, -0.2) is 4.39 Å². The molecule has 2 fully saturated rings. The van der Waals surface area contributed by atoms with E-state index >= 15 is 0 Å². The van der Waals surface area contributed by atoms with Crippen molar-refractivity contribution in [1.29, 1.82) is 0 Å². The van der Waals surface area contributed by atoms with Gasteiger partial charge >= 0.3 is 0 Å². The maximum atomic E-state index is 13.3. The lowest BCUT2D eigenvalue weighted by molar-refractivity contribution is 0.121. The average molecular weight is 376 g/mol. The Bertz CT molecular complexity index is 700. The Labute approximate surface area is 159 Å². The van der Waals surface area contributed by atoms with Crippen LogP contribution in [0.1, 0.15) is 30.9 Å². The first-order valence-electron chi connectivity index (χ1n) is 9.16. The van der Waals surface area contributed by atoms with Gasteiger partial charge in [-0.1, -0.05) is 30.7 Å². The molecular formula is C21H26FNO2S. The van der Waals surface area contributed by atoms with Crippen molar-refractivity contribution in [2.45, 2.75) is 30.3 Å². The summed E-state index contributed by atoms with van der Waals surface area (Å²) in [5.41, 5.74) is 0.535. The number of aliphatic hydroxyl groups excluding tert-OH is 1. The van der Waals surface area contributed by atoms with Crippen molar-refractivity contribution in [3.8, 4) is 5.75 Å². The highest BCUT2D eigenvalue weighted by molar-refractivity contribution is 7.80. The minimum Gasteiger partial charge on any atom is -0.505 e. The highest BCUT2D eigenvalue weighted by atomic mass is 32.1. The summed E-state index contributed by atoms with van der Waals surface area (Å²) < 4.78 is 13.3. The van der Waals surface area contributed by atoms with Crippen LogP contribution in [0.15, 0.2) is 53.4 Å². The standard InChI is InChI=1S/C15H20FNO2.C6H6S/c16-13-6-10(4-5-14(13)18)15(19)9-17-7-11-2-1-3-12(11)8-17;7-6-4-2-1-3-5-6/h4-6,11-12,15,18-19H,1-3,7-9H2;1-5,7H/t11-,12+,15?;. The molecule has 3 atom stereocenters. The van der Waals surface area contributed by atoms with Crippen LogP contribution in [-0.2, 0) is 0 Å². The third-order valence-electron chi connectivity index (χ3n) is 5.35. The second kappa shape index (κ2) is 8.89. The number of nitrogens with zero attached hydrogens (tertiary/aromatic N) is 1. The first-order chi connectivity index (χ1) is 12.5. The Balaban J connectivity index is 0.000000236. The van der Waals surface area contributed by atoms with Crippen molar-refractivity contribution in [2.75, 3.05) is 19.6 Å². The molecule has 2 aliphatic rings. The van der Waals surface area contributed by atoms with E-state index in [1.165, 1.54) is 31.4 Å². The van der Waals surface area contributed by atoms with Crippen molar-refractivity contribution in [3.05, 3.63) is 59.9 Å². The van der Waals surface area contributed by atoms with Gasteiger partial charge < -0.3 is 10.2 Å². The number of β-amino-alcohol motifs (C(OH)–C–C–N with tert-alkyl or cyclic N) is 1. The zero-order valence-electron chi connectivity index (χ0n) is 14.8. The van der Waals surface area contributed by atoms with Crippen molar-refractivity contribution < 1.29 is 14.6 Å². The molecule has 0 spiro atoms. The Kier molecular flexibility index (Phi) is 6.57. The van der Waals surface area contributed by atoms with Crippen LogP contribution in [-0.4, -0.2) is 34.7 Å². The van der Waals surface area contributed by atoms with Gasteiger partial charge in [-0.15, -0.1) is 12.6 Å². The van der Waals surface area contributed by atoms with Gasteiger partial charge in [0.1, 0.15) is 0 Å². The molecule has 2 aromatic carbocycles. The van der Waals surface area contributed by atoms with E-state index in [1.807, 2.05) is 30.3 Å². The molecule has 1 heterocycles. The lowest BCUT2D eigenvalue weighted by atomic mass is 10.0. The average Bonchev–Trinajstić information content (AvgIpc) is 3.20. The lowest BCUT2D eigenvalue weighted by Crippen LogP contribution is -2.27. The number of aliphatic hydroxyl groups is 1. The Morgan fingerprint density at radius 2 is 1.73 bits per heavy atom. The van der Waals surface area contributed by atoms with E-state index in [-0.39, 0.29) is 5.75 Å². The number of hydrogen-bond donors (Lipinski definition) is 3. The number of fused-ring (bicyclic) bond motifs is 1. The van der Waals surface area contributed by atoms with Gasteiger partial charge in [0, 0.05) is 24.5 Å². The molecule has 1 saturated heterocycles. The fourth-order valence-electron chi connectivity index (χ4n) is 3.99. The number of likely N-dealkylation sites (tertiary alicyclic amines) is 1. The van der Waals surface area contributed by atoms with E-state index in [4.69, 9.17) is 5.11 Å². The van der Waals surface area contributed by atoms with Gasteiger partial charge in [-0.05, 0) is 54.5 Å². The van der Waals surface area contributed by atoms with E-state index in [0.29, 0.717) is 12.1 Å². The molecular weight excluding hydrogens is 349 g/mol. The number of benzene rings is 2. The van der Waals surface area contributed by atoms with Crippen LogP contribution in [0.25, 0.3) is 0 Å². The smallest absolute Gasteiger partial charge is 0.165 e. The lowest BCUT2D eigenvalue weighted by Gasteiger charge is -2.21. The molecule has 0 aromatic heterocycles. The molecule has 26 heavy (non-hydrogen) atoms. The zero-order chi connectivity index (χ0) is 18.5. The third-order valence-corrected chi connectivity index (χ3v) is 5.64. The predicted octanol–water partition coefficient (Wildman–Crippen LogP) is 4.27. The van der Waals surface area contributed by atoms with Crippen LogP contribution in [0.4, 0.5) is 4.39 Å². The maximum Gasteiger partial charge on any atom is 0.165 e. The summed E-state index contributed by atoms with van der Waals surface area (Å²) in [5.74, 6) is 0.550. The van der Waals surface area contributed by atoms with Gasteiger partial charge in [-0.2, -0.15) is 0 Å². The van der Waals surface area contributed by atoms with Crippen LogP contribution >= 0.6 is 12.6 Å². The third kappa shape index (κ3) is 5.00. The Morgan fingerprint density at radius 3 is 2.27 bits per heavy atom. The quantitative estimate of drug-likeness (QED) is 0.702. The van der Waals surface area contributed by atoms with Crippen LogP contribution in [0.2, 0.25) is 0 Å². The summed E-state index contributed by atoms with van der Waals surface area (Å²) in [6.45, 7) is 2.67. The molecule has 2 aromatic rings. The van der Waals surface area contributed by atoms with Crippen molar-refractivity contribution in [1.82, 2.24) is 4.90 Å². The topological polar surface area (TPSA) is 43.7 Å². The fraction of sp³-hybridized carbons (Fsp3) is 0.429. The van der Waals surface area contributed by atoms with E-state index in [1.54, 1.807) is 6.07 Å². The number of hydrogen-bond acceptors (Lipinski definition) is 4. The van der Waals surface area contributed by atoms with Gasteiger partial charge in [0.05, 0.1) is 6.10 Å². The first-order valence-corrected chi connectivity index (χ1v) is 9.60. The monoisotopic (exact) mass is 375 g/mol. The summed E-state index contributed by atoms with van der Waals surface area (Å²) >= 11 is 4.08. The number of phenols is 1. The van der Waals surface area contributed by atoms with Crippen LogP contribution in [0.5, 0.6) is 5.75 Å². The molecule has 0 radical (unpaired) electrons. The Morgan fingerprint density at radius 1 is 1.08 bits per heavy atom. The van der Waals surface area contributed by atoms with Gasteiger partial charge in [0.25, 0.3) is 0 Å². The fourth-order valence-corrected chi connectivity index (χ4v) is 4.16. The van der Waals surface area contributed by atoms with Crippen molar-refractivity contribution in [3.63, 3.8) is 0 Å². The van der Waals surface area contributed by atoms with Crippen LogP contribution in [0.3, 0.4) is 0 Å². The van der Waals surface area contributed by atoms with E-state index in [0.717, 1.165) is 29.8 Å². The summed E-state index contributed by atoms with van der Waals surface area (Å²) in [7, 11) is 0. The molecule has 140 valence electrons. The highest BCUT2D eigenvalue weighted by Crippen LogP contribution is 2.38. The van der Waals surface area contributed by atoms with E-state index in [9.17, 15) is 9.50 Å². The van der Waals surface area contributed by atoms with E-state index in [2.05, 4.69) is 17.5 Å².